The van der Waals surface area contributed by atoms with Crippen LogP contribution in [-0.4, -0.2) is 86.5 Å². The standard InChI is InChI=1S/C61H49N7O8S4/c1-73-45-28-26-39(27-29-45)34-74-58(72)54-41(37-79-60-65-48-32-62-31-30-50(48)80-60)36-77-57-53(56(71)68(54)57)66-51(69)33-63-75-35-52(70)76-55(40-16-6-2-7-17-40)47-25-15-14-24-46(47)49-38-78-59(64-49)67-61(42-18-8-3-9-19-42,43-20-10-4-11-21-43)44-22-12-5-13-23-44/h2-33,38,53,55,57H,34-37H2,1H3,(H,64,67)(H,66,69)/b63-33-. The number of ether oxygens (including phenoxy) is 3. The van der Waals surface area contributed by atoms with E-state index < -0.39 is 53.4 Å². The van der Waals surface area contributed by atoms with Crippen LogP contribution in [0.2, 0.25) is 0 Å². The first kappa shape index (κ1) is 53.4. The van der Waals surface area contributed by atoms with Crippen LogP contribution in [0.25, 0.3) is 21.5 Å². The van der Waals surface area contributed by atoms with Crippen LogP contribution in [-0.2, 0) is 45.6 Å². The Morgan fingerprint density at radius 3 is 2.16 bits per heavy atom. The van der Waals surface area contributed by atoms with Crippen molar-refractivity contribution in [2.24, 2.45) is 5.16 Å². The number of carbonyl (C=O) groups is 4. The summed E-state index contributed by atoms with van der Waals surface area (Å²) in [5, 5.41) is 12.4. The van der Waals surface area contributed by atoms with Crippen LogP contribution < -0.4 is 15.4 Å². The van der Waals surface area contributed by atoms with E-state index in [2.05, 4.69) is 62.2 Å². The summed E-state index contributed by atoms with van der Waals surface area (Å²) in [6, 6.07) is 56.0. The molecule has 2 amide bonds. The lowest BCUT2D eigenvalue weighted by Crippen LogP contribution is -2.70. The number of thiazole rings is 2. The van der Waals surface area contributed by atoms with Crippen molar-refractivity contribution in [3.8, 4) is 17.0 Å². The first-order valence-corrected chi connectivity index (χ1v) is 29.0. The molecule has 15 nitrogen and oxygen atoms in total. The Morgan fingerprint density at radius 1 is 0.825 bits per heavy atom. The molecule has 0 spiro atoms. The number of benzene rings is 6. The fourth-order valence-corrected chi connectivity index (χ4v) is 13.8. The van der Waals surface area contributed by atoms with Gasteiger partial charge < -0.3 is 29.7 Å². The van der Waals surface area contributed by atoms with Crippen LogP contribution in [0.3, 0.4) is 0 Å². The summed E-state index contributed by atoms with van der Waals surface area (Å²) in [4.78, 5) is 75.5. The largest absolute Gasteiger partial charge is 0.497 e. The summed E-state index contributed by atoms with van der Waals surface area (Å²) in [5.41, 5.74) is 7.49. The van der Waals surface area contributed by atoms with Crippen LogP contribution in [0, 0.1) is 0 Å². The van der Waals surface area contributed by atoms with Crippen molar-refractivity contribution in [1.82, 2.24) is 25.2 Å². The number of oxime groups is 1. The van der Waals surface area contributed by atoms with Gasteiger partial charge >= 0.3 is 11.9 Å². The fraction of sp³-hybridized carbons (Fsp3) is 0.148. The van der Waals surface area contributed by atoms with Crippen molar-refractivity contribution in [2.75, 3.05) is 30.5 Å². The number of rotatable bonds is 21. The third-order valence-corrected chi connectivity index (χ3v) is 17.7. The molecule has 6 aromatic carbocycles. The van der Waals surface area contributed by atoms with Gasteiger partial charge in [0.1, 0.15) is 46.7 Å². The minimum Gasteiger partial charge on any atom is -0.497 e. The number of pyridine rings is 1. The van der Waals surface area contributed by atoms with E-state index >= 15 is 0 Å². The zero-order chi connectivity index (χ0) is 54.8. The topological polar surface area (TPSA) is 184 Å². The van der Waals surface area contributed by atoms with Gasteiger partial charge in [0.25, 0.3) is 11.8 Å². The molecule has 3 aromatic heterocycles. The predicted octanol–water partition coefficient (Wildman–Crippen LogP) is 11.1. The summed E-state index contributed by atoms with van der Waals surface area (Å²) in [7, 11) is 1.57. The maximum Gasteiger partial charge on any atom is 0.355 e. The maximum absolute atomic E-state index is 13.9. The minimum absolute atomic E-state index is 0.0324. The van der Waals surface area contributed by atoms with Gasteiger partial charge in [-0.05, 0) is 51.6 Å². The molecule has 11 rings (SSSR count). The third-order valence-electron chi connectivity index (χ3n) is 13.3. The number of β-lactam (4-membered cyclic amide) rings is 1. The molecular formula is C61H49N7O8S4. The Balaban J connectivity index is 0.755. The number of methoxy groups -OCH3 is 1. The second-order valence-corrected chi connectivity index (χ2v) is 22.5. The Morgan fingerprint density at radius 2 is 1.49 bits per heavy atom. The van der Waals surface area contributed by atoms with Crippen LogP contribution in [0.5, 0.6) is 5.75 Å². The number of anilines is 1. The first-order chi connectivity index (χ1) is 39.2. The number of amides is 2. The number of nitrogens with zero attached hydrogens (tertiary/aromatic N) is 5. The lowest BCUT2D eigenvalue weighted by atomic mass is 9.77. The van der Waals surface area contributed by atoms with Crippen LogP contribution in [0.15, 0.2) is 214 Å². The quantitative estimate of drug-likeness (QED) is 0.0173. The van der Waals surface area contributed by atoms with E-state index in [1.807, 2.05) is 121 Å². The SMILES string of the molecule is COc1ccc(COC(=O)C2=C(CSc3nc4cnccc4s3)CSC3C(NC(=O)/C=N\OCC(=O)OC(c4ccccc4)c4ccccc4-c4csc(NC(c5ccccc5)(c5ccccc5)c5ccccc5)n4)C(=O)N23)cc1. The Kier molecular flexibility index (Phi) is 16.4. The normalized spacial score (nSPS) is 15.4. The summed E-state index contributed by atoms with van der Waals surface area (Å²) < 4.78 is 19.0. The molecule has 3 atom stereocenters. The zero-order valence-corrected chi connectivity index (χ0v) is 46.0. The molecule has 0 saturated carbocycles. The Bertz CT molecular complexity index is 3590. The smallest absolute Gasteiger partial charge is 0.355 e. The molecule has 2 aliphatic rings. The second-order valence-electron chi connectivity index (χ2n) is 18.3. The molecule has 2 aliphatic heterocycles. The van der Waals surface area contributed by atoms with Gasteiger partial charge in [-0.3, -0.25) is 19.5 Å². The van der Waals surface area contributed by atoms with Crippen molar-refractivity contribution in [2.45, 2.75) is 34.0 Å². The maximum atomic E-state index is 13.9. The van der Waals surface area contributed by atoms with Crippen molar-refractivity contribution in [3.63, 3.8) is 0 Å². The van der Waals surface area contributed by atoms with Crippen molar-refractivity contribution in [3.05, 3.63) is 238 Å². The van der Waals surface area contributed by atoms with Crippen LogP contribution >= 0.6 is 46.2 Å². The molecular weight excluding hydrogens is 1090 g/mol. The number of carbonyl (C=O) groups excluding carboxylic acids is 4. The van der Waals surface area contributed by atoms with Gasteiger partial charge in [0.2, 0.25) is 6.61 Å². The first-order valence-electron chi connectivity index (χ1n) is 25.3. The number of hydrogen-bond acceptors (Lipinski definition) is 17. The average Bonchev–Trinajstić information content (AvgIpc) is 4.21. The van der Waals surface area contributed by atoms with Crippen molar-refractivity contribution >= 4 is 91.5 Å². The minimum atomic E-state index is -0.977. The highest BCUT2D eigenvalue weighted by Gasteiger charge is 2.54. The van der Waals surface area contributed by atoms with E-state index in [4.69, 9.17) is 24.0 Å². The third kappa shape index (κ3) is 11.6. The van der Waals surface area contributed by atoms with E-state index in [9.17, 15) is 19.2 Å². The van der Waals surface area contributed by atoms with Crippen LogP contribution in [0.4, 0.5) is 5.13 Å². The number of nitrogens with one attached hydrogen (secondary N) is 2. The number of esters is 2. The summed E-state index contributed by atoms with van der Waals surface area (Å²) in [6.07, 6.45) is 3.39. The molecule has 0 bridgehead atoms. The molecule has 1 fully saturated rings. The van der Waals surface area contributed by atoms with Crippen LogP contribution in [0.1, 0.15) is 39.5 Å². The second kappa shape index (κ2) is 24.6. The number of hydrogen-bond donors (Lipinski definition) is 2. The predicted molar refractivity (Wildman–Crippen MR) is 312 cm³/mol. The molecule has 9 aromatic rings. The highest BCUT2D eigenvalue weighted by molar-refractivity contribution is 8.02. The fourth-order valence-electron chi connectivity index (χ4n) is 9.52. The van der Waals surface area contributed by atoms with Crippen molar-refractivity contribution in [1.29, 1.82) is 0 Å². The lowest BCUT2D eigenvalue weighted by molar-refractivity contribution is -0.153. The molecule has 2 N–H and O–H groups in total. The summed E-state index contributed by atoms with van der Waals surface area (Å²) in [5.74, 6) is -1.21. The van der Waals surface area contributed by atoms with Gasteiger partial charge in [-0.2, -0.15) is 0 Å². The highest BCUT2D eigenvalue weighted by atomic mass is 32.2. The number of thioether (sulfide) groups is 2. The van der Waals surface area contributed by atoms with E-state index in [0.29, 0.717) is 44.8 Å². The summed E-state index contributed by atoms with van der Waals surface area (Å²) >= 11 is 5.86. The Hall–Kier alpha value is -8.62. The molecule has 80 heavy (non-hydrogen) atoms. The zero-order valence-electron chi connectivity index (χ0n) is 42.7. The molecule has 3 unspecified atom stereocenters. The van der Waals surface area contributed by atoms with Gasteiger partial charge in [0.05, 0.1) is 23.7 Å². The monoisotopic (exact) mass is 1140 g/mol. The van der Waals surface area contributed by atoms with Gasteiger partial charge in [-0.1, -0.05) is 175 Å². The molecule has 1 saturated heterocycles. The highest BCUT2D eigenvalue weighted by Crippen LogP contribution is 2.44. The average molecular weight is 1140 g/mol. The molecule has 400 valence electrons. The summed E-state index contributed by atoms with van der Waals surface area (Å²) in [6.45, 7) is -0.661. The van der Waals surface area contributed by atoms with E-state index in [1.54, 1.807) is 43.8 Å². The van der Waals surface area contributed by atoms with Gasteiger partial charge in [0.15, 0.2) is 15.6 Å². The molecule has 0 aliphatic carbocycles. The van der Waals surface area contributed by atoms with Gasteiger partial charge in [-0.15, -0.1) is 34.4 Å². The molecule has 5 heterocycles. The Labute approximate surface area is 477 Å². The van der Waals surface area contributed by atoms with Crippen molar-refractivity contribution < 1.29 is 38.2 Å². The number of aromatic nitrogens is 3. The van der Waals surface area contributed by atoms with Gasteiger partial charge in [-0.25, -0.2) is 19.6 Å². The number of fused-ring (bicyclic) bond motifs is 2. The molecule has 19 heteroatoms. The van der Waals surface area contributed by atoms with E-state index in [-0.39, 0.29) is 12.3 Å². The molecule has 0 radical (unpaired) electrons. The van der Waals surface area contributed by atoms with Gasteiger partial charge in [0, 0.05) is 34.2 Å². The van der Waals surface area contributed by atoms with E-state index in [0.717, 1.165) is 48.6 Å². The lowest BCUT2D eigenvalue weighted by Gasteiger charge is -2.49. The van der Waals surface area contributed by atoms with E-state index in [1.165, 1.54) is 51.1 Å².